The smallest absolute Gasteiger partial charge is 0.289 e. The lowest BCUT2D eigenvalue weighted by molar-refractivity contribution is 0.0714. The van der Waals surface area contributed by atoms with E-state index in [9.17, 15) is 4.79 Å². The SMILES string of the molecule is CCN(c1cccc(C)c1)c1cc(N2CCN(C(=O)c3ccco3)CC2)ncn1. The standard InChI is InChI=1S/C22H25N5O2/c1-3-27(18-7-4-6-17(2)14-18)21-15-20(23-16-24-21)25-9-11-26(12-10-25)22(28)19-8-5-13-29-19/h4-8,13-16H,3,9-12H2,1-2H3. The van der Waals surface area contributed by atoms with E-state index >= 15 is 0 Å². The molecule has 0 aliphatic carbocycles. The Morgan fingerprint density at radius 3 is 2.62 bits per heavy atom. The van der Waals surface area contributed by atoms with E-state index in [1.807, 2.05) is 11.0 Å². The maximum atomic E-state index is 12.5. The summed E-state index contributed by atoms with van der Waals surface area (Å²) in [5.41, 5.74) is 2.33. The van der Waals surface area contributed by atoms with E-state index in [1.165, 1.54) is 11.8 Å². The minimum Gasteiger partial charge on any atom is -0.459 e. The number of carbonyl (C=O) groups excluding carboxylic acids is 1. The molecule has 29 heavy (non-hydrogen) atoms. The van der Waals surface area contributed by atoms with Crippen molar-refractivity contribution in [3.05, 3.63) is 66.4 Å². The van der Waals surface area contributed by atoms with Gasteiger partial charge in [0.1, 0.15) is 18.0 Å². The molecule has 2 aromatic heterocycles. The Hall–Kier alpha value is -3.35. The van der Waals surface area contributed by atoms with Crippen LogP contribution in [0.25, 0.3) is 0 Å². The van der Waals surface area contributed by atoms with Crippen LogP contribution in [0.1, 0.15) is 23.0 Å². The first-order chi connectivity index (χ1) is 14.2. The van der Waals surface area contributed by atoms with Gasteiger partial charge in [-0.05, 0) is 43.7 Å². The fraction of sp³-hybridized carbons (Fsp3) is 0.318. The summed E-state index contributed by atoms with van der Waals surface area (Å²) in [6.45, 7) is 7.72. The summed E-state index contributed by atoms with van der Waals surface area (Å²) in [7, 11) is 0. The normalized spacial score (nSPS) is 14.1. The van der Waals surface area contributed by atoms with Crippen molar-refractivity contribution in [3.63, 3.8) is 0 Å². The zero-order valence-corrected chi connectivity index (χ0v) is 16.8. The first kappa shape index (κ1) is 19.0. The summed E-state index contributed by atoms with van der Waals surface area (Å²) in [5, 5.41) is 0. The van der Waals surface area contributed by atoms with Crippen LogP contribution in [0.2, 0.25) is 0 Å². The fourth-order valence-electron chi connectivity index (χ4n) is 3.63. The molecular weight excluding hydrogens is 366 g/mol. The summed E-state index contributed by atoms with van der Waals surface area (Å²) in [6.07, 6.45) is 3.14. The van der Waals surface area contributed by atoms with Crippen molar-refractivity contribution in [2.24, 2.45) is 0 Å². The number of nitrogens with zero attached hydrogens (tertiary/aromatic N) is 5. The maximum Gasteiger partial charge on any atom is 0.289 e. The molecular formula is C22H25N5O2. The summed E-state index contributed by atoms with van der Waals surface area (Å²) >= 11 is 0. The molecule has 1 aromatic carbocycles. The van der Waals surface area contributed by atoms with Crippen molar-refractivity contribution in [2.75, 3.05) is 42.5 Å². The van der Waals surface area contributed by atoms with Gasteiger partial charge in [0.25, 0.3) is 5.91 Å². The number of amides is 1. The molecule has 0 bridgehead atoms. The first-order valence-electron chi connectivity index (χ1n) is 9.89. The van der Waals surface area contributed by atoms with Crippen molar-refractivity contribution in [1.82, 2.24) is 14.9 Å². The van der Waals surface area contributed by atoms with Crippen LogP contribution in [0.4, 0.5) is 17.3 Å². The number of anilines is 3. The number of piperazine rings is 1. The van der Waals surface area contributed by atoms with Gasteiger partial charge >= 0.3 is 0 Å². The predicted octanol–water partition coefficient (Wildman–Crippen LogP) is 3.50. The average molecular weight is 391 g/mol. The Bertz CT molecular complexity index is 965. The topological polar surface area (TPSA) is 65.7 Å². The molecule has 1 aliphatic rings. The van der Waals surface area contributed by atoms with E-state index in [0.717, 1.165) is 37.0 Å². The van der Waals surface area contributed by atoms with Crippen molar-refractivity contribution in [1.29, 1.82) is 0 Å². The highest BCUT2D eigenvalue weighted by Gasteiger charge is 2.24. The summed E-state index contributed by atoms with van der Waals surface area (Å²) in [5.74, 6) is 2.08. The lowest BCUT2D eigenvalue weighted by atomic mass is 10.2. The van der Waals surface area contributed by atoms with E-state index in [1.54, 1.807) is 18.5 Å². The van der Waals surface area contributed by atoms with Crippen LogP contribution in [-0.4, -0.2) is 53.5 Å². The second-order valence-corrected chi connectivity index (χ2v) is 7.07. The first-order valence-corrected chi connectivity index (χ1v) is 9.89. The lowest BCUT2D eigenvalue weighted by Crippen LogP contribution is -2.49. The molecule has 4 rings (SSSR count). The molecule has 1 saturated heterocycles. The molecule has 1 fully saturated rings. The van der Waals surface area contributed by atoms with E-state index < -0.39 is 0 Å². The Morgan fingerprint density at radius 2 is 1.93 bits per heavy atom. The third-order valence-corrected chi connectivity index (χ3v) is 5.17. The van der Waals surface area contributed by atoms with Crippen molar-refractivity contribution in [2.45, 2.75) is 13.8 Å². The fourth-order valence-corrected chi connectivity index (χ4v) is 3.63. The Balaban J connectivity index is 1.47. The predicted molar refractivity (Wildman–Crippen MR) is 113 cm³/mol. The van der Waals surface area contributed by atoms with Gasteiger partial charge in [0.05, 0.1) is 6.26 Å². The number of rotatable bonds is 5. The number of furan rings is 1. The van der Waals surface area contributed by atoms with Crippen molar-refractivity contribution >= 4 is 23.2 Å². The van der Waals surface area contributed by atoms with Gasteiger partial charge in [-0.3, -0.25) is 4.79 Å². The Morgan fingerprint density at radius 1 is 1.10 bits per heavy atom. The monoisotopic (exact) mass is 391 g/mol. The highest BCUT2D eigenvalue weighted by molar-refractivity contribution is 5.91. The van der Waals surface area contributed by atoms with E-state index in [4.69, 9.17) is 4.42 Å². The highest BCUT2D eigenvalue weighted by Crippen LogP contribution is 2.26. The second kappa shape index (κ2) is 8.34. The number of carbonyl (C=O) groups is 1. The van der Waals surface area contributed by atoms with Crippen LogP contribution in [0.5, 0.6) is 0 Å². The molecule has 7 nitrogen and oxygen atoms in total. The van der Waals surface area contributed by atoms with Gasteiger partial charge in [0, 0.05) is 44.5 Å². The second-order valence-electron chi connectivity index (χ2n) is 7.07. The molecule has 150 valence electrons. The third kappa shape index (κ3) is 4.08. The van der Waals surface area contributed by atoms with Crippen LogP contribution in [0.15, 0.2) is 59.5 Å². The molecule has 1 amide bonds. The van der Waals surface area contributed by atoms with Crippen LogP contribution in [-0.2, 0) is 0 Å². The third-order valence-electron chi connectivity index (χ3n) is 5.17. The molecule has 1 aliphatic heterocycles. The molecule has 0 spiro atoms. The number of benzene rings is 1. The number of hydrogen-bond donors (Lipinski definition) is 0. The van der Waals surface area contributed by atoms with Gasteiger partial charge in [-0.1, -0.05) is 12.1 Å². The van der Waals surface area contributed by atoms with E-state index in [2.05, 4.69) is 57.9 Å². The van der Waals surface area contributed by atoms with E-state index in [-0.39, 0.29) is 5.91 Å². The Kier molecular flexibility index (Phi) is 5.46. The zero-order chi connectivity index (χ0) is 20.2. The van der Waals surface area contributed by atoms with Gasteiger partial charge in [0.2, 0.25) is 0 Å². The quantitative estimate of drug-likeness (QED) is 0.663. The number of aromatic nitrogens is 2. The zero-order valence-electron chi connectivity index (χ0n) is 16.8. The highest BCUT2D eigenvalue weighted by atomic mass is 16.3. The molecule has 7 heteroatoms. The molecule has 0 unspecified atom stereocenters. The minimum atomic E-state index is -0.0605. The molecule has 3 aromatic rings. The van der Waals surface area contributed by atoms with Crippen molar-refractivity contribution < 1.29 is 9.21 Å². The van der Waals surface area contributed by atoms with E-state index in [0.29, 0.717) is 18.8 Å². The van der Waals surface area contributed by atoms with Gasteiger partial charge in [-0.25, -0.2) is 9.97 Å². The van der Waals surface area contributed by atoms with Crippen LogP contribution in [0, 0.1) is 6.92 Å². The Labute approximate surface area is 170 Å². The van der Waals surface area contributed by atoms with Crippen LogP contribution in [0.3, 0.4) is 0 Å². The largest absolute Gasteiger partial charge is 0.459 e. The number of aryl methyl sites for hydroxylation is 1. The van der Waals surface area contributed by atoms with Gasteiger partial charge in [-0.15, -0.1) is 0 Å². The van der Waals surface area contributed by atoms with Crippen LogP contribution >= 0.6 is 0 Å². The summed E-state index contributed by atoms with van der Waals surface area (Å²) < 4.78 is 5.23. The van der Waals surface area contributed by atoms with Gasteiger partial charge < -0.3 is 19.1 Å². The number of hydrogen-bond acceptors (Lipinski definition) is 6. The average Bonchev–Trinajstić information content (AvgIpc) is 3.29. The van der Waals surface area contributed by atoms with Crippen LogP contribution < -0.4 is 9.80 Å². The maximum absolute atomic E-state index is 12.5. The molecule has 0 N–H and O–H groups in total. The van der Waals surface area contributed by atoms with Gasteiger partial charge in [-0.2, -0.15) is 0 Å². The lowest BCUT2D eigenvalue weighted by Gasteiger charge is -2.35. The molecule has 0 atom stereocenters. The summed E-state index contributed by atoms with van der Waals surface area (Å²) in [4.78, 5) is 27.6. The molecule has 0 radical (unpaired) electrons. The molecule has 0 saturated carbocycles. The minimum absolute atomic E-state index is 0.0605. The summed E-state index contributed by atoms with van der Waals surface area (Å²) in [6, 6.07) is 13.9. The molecule has 3 heterocycles. The van der Waals surface area contributed by atoms with Crippen molar-refractivity contribution in [3.8, 4) is 0 Å². The van der Waals surface area contributed by atoms with Gasteiger partial charge in [0.15, 0.2) is 5.76 Å².